The Kier molecular flexibility index (Phi) is 1.85. The number of rotatable bonds is 1. The van der Waals surface area contributed by atoms with Crippen LogP contribution in [0.4, 0.5) is 13.2 Å². The van der Waals surface area contributed by atoms with Gasteiger partial charge in [-0.25, -0.2) is 0 Å². The highest BCUT2D eigenvalue weighted by Crippen LogP contribution is 2.22. The molecule has 0 aliphatic rings. The van der Waals surface area contributed by atoms with E-state index in [1.807, 2.05) is 0 Å². The molecule has 0 rings (SSSR count). The van der Waals surface area contributed by atoms with Gasteiger partial charge in [0, 0.05) is 0 Å². The SMILES string of the molecule is C=C(C(=O)[O-])C(F)(F)F. The van der Waals surface area contributed by atoms with E-state index >= 15 is 0 Å². The molecule has 0 radical (unpaired) electrons. The van der Waals surface area contributed by atoms with E-state index in [0.29, 0.717) is 0 Å². The number of carboxylic acids is 1. The van der Waals surface area contributed by atoms with Crippen molar-refractivity contribution in [3.63, 3.8) is 0 Å². The van der Waals surface area contributed by atoms with Gasteiger partial charge in [-0.2, -0.15) is 13.2 Å². The fraction of sp³-hybridized carbons (Fsp3) is 0.250. The maximum absolute atomic E-state index is 11.2. The van der Waals surface area contributed by atoms with E-state index in [0.717, 1.165) is 0 Å². The fourth-order valence-electron chi connectivity index (χ4n) is 0.116. The number of aliphatic carboxylic acids is 1. The van der Waals surface area contributed by atoms with Gasteiger partial charge in [0.15, 0.2) is 0 Å². The second-order valence-electron chi connectivity index (χ2n) is 1.26. The molecule has 0 saturated heterocycles. The van der Waals surface area contributed by atoms with Crippen molar-refractivity contribution < 1.29 is 23.1 Å². The van der Waals surface area contributed by atoms with Crippen LogP contribution in [0.3, 0.4) is 0 Å². The van der Waals surface area contributed by atoms with Crippen molar-refractivity contribution in [3.8, 4) is 0 Å². The number of carbonyl (C=O) groups excluding carboxylic acids is 1. The van der Waals surface area contributed by atoms with E-state index in [4.69, 9.17) is 0 Å². The lowest BCUT2D eigenvalue weighted by Gasteiger charge is -2.08. The zero-order chi connectivity index (χ0) is 7.65. The first-order chi connectivity index (χ1) is 3.85. The molecular formula is C4H2F3O2-. The number of carbonyl (C=O) groups is 1. The Morgan fingerprint density at radius 3 is 1.78 bits per heavy atom. The van der Waals surface area contributed by atoms with Crippen LogP contribution in [0.1, 0.15) is 0 Å². The molecule has 0 atom stereocenters. The van der Waals surface area contributed by atoms with Gasteiger partial charge in [0.2, 0.25) is 0 Å². The first kappa shape index (κ1) is 8.00. The van der Waals surface area contributed by atoms with Gasteiger partial charge in [-0.05, 0) is 0 Å². The van der Waals surface area contributed by atoms with E-state index < -0.39 is 17.7 Å². The topological polar surface area (TPSA) is 40.1 Å². The summed E-state index contributed by atoms with van der Waals surface area (Å²) >= 11 is 0. The smallest absolute Gasteiger partial charge is 0.417 e. The lowest BCUT2D eigenvalue weighted by atomic mass is 10.3. The summed E-state index contributed by atoms with van der Waals surface area (Å²) in [7, 11) is 0. The summed E-state index contributed by atoms with van der Waals surface area (Å²) < 4.78 is 33.5. The van der Waals surface area contributed by atoms with Crippen LogP contribution in [0, 0.1) is 0 Å². The summed E-state index contributed by atoms with van der Waals surface area (Å²) in [6, 6.07) is 0. The third-order valence-electron chi connectivity index (χ3n) is 0.589. The molecular weight excluding hydrogens is 137 g/mol. The highest BCUT2D eigenvalue weighted by atomic mass is 19.4. The van der Waals surface area contributed by atoms with E-state index in [9.17, 15) is 23.1 Å². The zero-order valence-corrected chi connectivity index (χ0v) is 4.16. The quantitative estimate of drug-likeness (QED) is 0.474. The molecule has 0 saturated carbocycles. The van der Waals surface area contributed by atoms with Gasteiger partial charge >= 0.3 is 6.18 Å². The Morgan fingerprint density at radius 2 is 1.78 bits per heavy atom. The monoisotopic (exact) mass is 139 g/mol. The standard InChI is InChI=1S/C4H3F3O2/c1-2(3(8)9)4(5,6)7/h1H2,(H,8,9)/p-1. The minimum Gasteiger partial charge on any atom is -0.545 e. The number of hydrogen-bond donors (Lipinski definition) is 0. The maximum atomic E-state index is 11.2. The van der Waals surface area contributed by atoms with Crippen LogP contribution in [0.2, 0.25) is 0 Å². The van der Waals surface area contributed by atoms with Crippen molar-refractivity contribution >= 4 is 5.97 Å². The van der Waals surface area contributed by atoms with Crippen LogP contribution in [-0.2, 0) is 4.79 Å². The Labute approximate surface area is 48.6 Å². The Morgan fingerprint density at radius 1 is 1.44 bits per heavy atom. The molecule has 0 aliphatic heterocycles. The summed E-state index contributed by atoms with van der Waals surface area (Å²) in [6.07, 6.45) is -4.88. The van der Waals surface area contributed by atoms with Crippen molar-refractivity contribution in [3.05, 3.63) is 12.2 Å². The molecule has 0 N–H and O–H groups in total. The average Bonchev–Trinajstić information content (AvgIpc) is 1.62. The molecule has 0 amide bonds. The summed E-state index contributed by atoms with van der Waals surface area (Å²) in [5.74, 6) is -2.29. The summed E-state index contributed by atoms with van der Waals surface area (Å²) in [4.78, 5) is 9.42. The van der Waals surface area contributed by atoms with Crippen molar-refractivity contribution in [2.75, 3.05) is 0 Å². The zero-order valence-electron chi connectivity index (χ0n) is 4.16. The van der Waals surface area contributed by atoms with Crippen LogP contribution >= 0.6 is 0 Å². The van der Waals surface area contributed by atoms with E-state index in [1.165, 1.54) is 0 Å². The summed E-state index contributed by atoms with van der Waals surface area (Å²) in [5.41, 5.74) is -1.86. The van der Waals surface area contributed by atoms with E-state index in [1.54, 1.807) is 0 Å². The lowest BCUT2D eigenvalue weighted by Crippen LogP contribution is -2.31. The van der Waals surface area contributed by atoms with Crippen molar-refractivity contribution in [1.82, 2.24) is 0 Å². The molecule has 0 aliphatic carbocycles. The van der Waals surface area contributed by atoms with Gasteiger partial charge in [0.25, 0.3) is 0 Å². The van der Waals surface area contributed by atoms with Crippen LogP contribution < -0.4 is 5.11 Å². The van der Waals surface area contributed by atoms with Crippen LogP contribution in [0.5, 0.6) is 0 Å². The van der Waals surface area contributed by atoms with Crippen molar-refractivity contribution in [2.45, 2.75) is 6.18 Å². The molecule has 0 fully saturated rings. The number of alkyl halides is 3. The second kappa shape index (κ2) is 2.08. The van der Waals surface area contributed by atoms with Crippen LogP contribution in [0.15, 0.2) is 12.2 Å². The third-order valence-corrected chi connectivity index (χ3v) is 0.589. The molecule has 0 heterocycles. The largest absolute Gasteiger partial charge is 0.545 e. The first-order valence-corrected chi connectivity index (χ1v) is 1.83. The minimum absolute atomic E-state index is 1.86. The van der Waals surface area contributed by atoms with E-state index in [2.05, 4.69) is 6.58 Å². The predicted molar refractivity (Wildman–Crippen MR) is 20.2 cm³/mol. The molecule has 0 spiro atoms. The number of halogens is 3. The Bertz CT molecular complexity index is 146. The molecule has 0 unspecified atom stereocenters. The van der Waals surface area contributed by atoms with Crippen LogP contribution in [0.25, 0.3) is 0 Å². The molecule has 5 heteroatoms. The first-order valence-electron chi connectivity index (χ1n) is 1.83. The van der Waals surface area contributed by atoms with Gasteiger partial charge < -0.3 is 9.90 Å². The third kappa shape index (κ3) is 2.16. The maximum Gasteiger partial charge on any atom is 0.417 e. The highest BCUT2D eigenvalue weighted by Gasteiger charge is 2.32. The van der Waals surface area contributed by atoms with Gasteiger partial charge in [-0.1, -0.05) is 6.58 Å². The molecule has 52 valence electrons. The van der Waals surface area contributed by atoms with Crippen molar-refractivity contribution in [2.24, 2.45) is 0 Å². The van der Waals surface area contributed by atoms with Crippen molar-refractivity contribution in [1.29, 1.82) is 0 Å². The number of carboxylic acid groups (broad SMARTS) is 1. The molecule has 0 aromatic heterocycles. The second-order valence-corrected chi connectivity index (χ2v) is 1.26. The minimum atomic E-state index is -4.88. The molecule has 9 heavy (non-hydrogen) atoms. The van der Waals surface area contributed by atoms with Crippen LogP contribution in [-0.4, -0.2) is 12.1 Å². The molecule has 2 nitrogen and oxygen atoms in total. The molecule has 0 bridgehead atoms. The highest BCUT2D eigenvalue weighted by molar-refractivity contribution is 5.85. The van der Waals surface area contributed by atoms with Gasteiger partial charge in [0.05, 0.1) is 11.5 Å². The normalized spacial score (nSPS) is 11.0. The molecule has 0 aromatic rings. The Balaban J connectivity index is 4.23. The Hall–Kier alpha value is -1.00. The lowest BCUT2D eigenvalue weighted by molar-refractivity contribution is -0.303. The van der Waals surface area contributed by atoms with Gasteiger partial charge in [-0.3, -0.25) is 0 Å². The summed E-state index contributed by atoms with van der Waals surface area (Å²) in [6.45, 7) is 2.24. The summed E-state index contributed by atoms with van der Waals surface area (Å²) in [5, 5.41) is 9.42. The van der Waals surface area contributed by atoms with Gasteiger partial charge in [-0.15, -0.1) is 0 Å². The molecule has 0 aromatic carbocycles. The van der Waals surface area contributed by atoms with E-state index in [-0.39, 0.29) is 0 Å². The van der Waals surface area contributed by atoms with Gasteiger partial charge in [0.1, 0.15) is 0 Å². The average molecular weight is 139 g/mol. The fourth-order valence-corrected chi connectivity index (χ4v) is 0.116. The number of hydrogen-bond acceptors (Lipinski definition) is 2. The predicted octanol–water partition coefficient (Wildman–Crippen LogP) is -0.145.